The molecule has 2 nitrogen and oxygen atoms in total. The van der Waals surface area contributed by atoms with Gasteiger partial charge in [-0.25, -0.2) is 0 Å². The molecule has 4 heteroatoms. The summed E-state index contributed by atoms with van der Waals surface area (Å²) in [7, 11) is 0. The summed E-state index contributed by atoms with van der Waals surface area (Å²) in [6.07, 6.45) is 4.13. The molecular formula is C9H17F2NO. The summed E-state index contributed by atoms with van der Waals surface area (Å²) in [5, 5.41) is 3.27. The van der Waals surface area contributed by atoms with Gasteiger partial charge < -0.3 is 10.1 Å². The van der Waals surface area contributed by atoms with E-state index in [1.165, 1.54) is 12.8 Å². The molecule has 1 aliphatic rings. The van der Waals surface area contributed by atoms with Gasteiger partial charge in [-0.15, -0.1) is 0 Å². The molecule has 0 amide bonds. The zero-order chi connectivity index (χ0) is 9.52. The van der Waals surface area contributed by atoms with Crippen LogP contribution in [0.25, 0.3) is 0 Å². The van der Waals surface area contributed by atoms with Gasteiger partial charge in [-0.1, -0.05) is 0 Å². The summed E-state index contributed by atoms with van der Waals surface area (Å²) in [5.41, 5.74) is 0. The molecule has 0 spiro atoms. The summed E-state index contributed by atoms with van der Waals surface area (Å²) in [6.45, 7) is -0.268. The maximum Gasteiger partial charge on any atom is 0.345 e. The Hall–Kier alpha value is -0.220. The highest BCUT2D eigenvalue weighted by Gasteiger charge is 2.12. The van der Waals surface area contributed by atoms with E-state index < -0.39 is 6.61 Å². The van der Waals surface area contributed by atoms with Gasteiger partial charge in [-0.05, 0) is 44.7 Å². The minimum Gasteiger partial charge on any atom is -0.323 e. The average Bonchev–Trinajstić information content (AvgIpc) is 2.14. The van der Waals surface area contributed by atoms with Crippen molar-refractivity contribution >= 4 is 0 Å². The number of hydrogen-bond acceptors (Lipinski definition) is 2. The maximum atomic E-state index is 11.6. The summed E-state index contributed by atoms with van der Waals surface area (Å²) in [6, 6.07) is 0. The SMILES string of the molecule is FC(F)OCCCC1CCNCC1. The Kier molecular flexibility index (Phi) is 5.23. The monoisotopic (exact) mass is 193 g/mol. The van der Waals surface area contributed by atoms with E-state index in [0.29, 0.717) is 5.92 Å². The minimum absolute atomic E-state index is 0.196. The van der Waals surface area contributed by atoms with E-state index in [2.05, 4.69) is 10.1 Å². The molecule has 1 N–H and O–H groups in total. The predicted octanol–water partition coefficient (Wildman–Crippen LogP) is 2.01. The molecular weight excluding hydrogens is 176 g/mol. The Balaban J connectivity index is 1.92. The molecule has 1 fully saturated rings. The van der Waals surface area contributed by atoms with Crippen molar-refractivity contribution in [3.05, 3.63) is 0 Å². The second kappa shape index (κ2) is 6.27. The Morgan fingerprint density at radius 1 is 1.31 bits per heavy atom. The summed E-state index contributed by atoms with van der Waals surface area (Å²) in [4.78, 5) is 0. The van der Waals surface area contributed by atoms with E-state index in [1.807, 2.05) is 0 Å². The first kappa shape index (κ1) is 10.9. The number of ether oxygens (including phenoxy) is 1. The fourth-order valence-electron chi connectivity index (χ4n) is 1.71. The molecule has 0 aromatic rings. The molecule has 0 unspecified atom stereocenters. The Bertz CT molecular complexity index is 127. The van der Waals surface area contributed by atoms with Crippen molar-refractivity contribution in [3.63, 3.8) is 0 Å². The lowest BCUT2D eigenvalue weighted by molar-refractivity contribution is -0.129. The zero-order valence-corrected chi connectivity index (χ0v) is 7.77. The van der Waals surface area contributed by atoms with Gasteiger partial charge in [-0.3, -0.25) is 0 Å². The summed E-state index contributed by atoms with van der Waals surface area (Å²) in [5.74, 6) is 0.711. The lowest BCUT2D eigenvalue weighted by atomic mass is 9.93. The zero-order valence-electron chi connectivity index (χ0n) is 7.77. The van der Waals surface area contributed by atoms with Crippen LogP contribution in [0.3, 0.4) is 0 Å². The van der Waals surface area contributed by atoms with Crippen LogP contribution in [0.5, 0.6) is 0 Å². The molecule has 78 valence electrons. The first-order chi connectivity index (χ1) is 6.29. The molecule has 0 aliphatic carbocycles. The van der Waals surface area contributed by atoms with Gasteiger partial charge in [0.1, 0.15) is 0 Å². The fourth-order valence-corrected chi connectivity index (χ4v) is 1.71. The number of rotatable bonds is 5. The highest BCUT2D eigenvalue weighted by molar-refractivity contribution is 4.68. The van der Waals surface area contributed by atoms with E-state index in [4.69, 9.17) is 0 Å². The second-order valence-corrected chi connectivity index (χ2v) is 3.47. The van der Waals surface area contributed by atoms with Crippen molar-refractivity contribution in [3.8, 4) is 0 Å². The van der Waals surface area contributed by atoms with Crippen molar-refractivity contribution in [1.82, 2.24) is 5.32 Å². The van der Waals surface area contributed by atoms with Crippen LogP contribution in [0.1, 0.15) is 25.7 Å². The molecule has 0 bridgehead atoms. The molecule has 1 heterocycles. The van der Waals surface area contributed by atoms with Gasteiger partial charge in [0.05, 0.1) is 6.61 Å². The van der Waals surface area contributed by atoms with E-state index >= 15 is 0 Å². The van der Waals surface area contributed by atoms with Crippen molar-refractivity contribution < 1.29 is 13.5 Å². The smallest absolute Gasteiger partial charge is 0.323 e. The highest BCUT2D eigenvalue weighted by Crippen LogP contribution is 2.17. The molecule has 1 saturated heterocycles. The largest absolute Gasteiger partial charge is 0.345 e. The molecule has 0 aromatic carbocycles. The van der Waals surface area contributed by atoms with E-state index in [0.717, 1.165) is 25.9 Å². The van der Waals surface area contributed by atoms with Crippen LogP contribution >= 0.6 is 0 Å². The number of nitrogens with one attached hydrogen (secondary N) is 1. The number of piperidine rings is 1. The van der Waals surface area contributed by atoms with Gasteiger partial charge in [0, 0.05) is 0 Å². The summed E-state index contributed by atoms with van der Waals surface area (Å²) < 4.78 is 27.3. The molecule has 0 saturated carbocycles. The van der Waals surface area contributed by atoms with Crippen molar-refractivity contribution in [2.45, 2.75) is 32.3 Å². The Morgan fingerprint density at radius 3 is 2.62 bits per heavy atom. The Labute approximate surface area is 77.6 Å². The topological polar surface area (TPSA) is 21.3 Å². The van der Waals surface area contributed by atoms with Gasteiger partial charge in [0.25, 0.3) is 0 Å². The van der Waals surface area contributed by atoms with Gasteiger partial charge in [0.15, 0.2) is 0 Å². The third kappa shape index (κ3) is 5.16. The van der Waals surface area contributed by atoms with Crippen LogP contribution < -0.4 is 5.32 Å². The molecule has 0 aromatic heterocycles. The predicted molar refractivity (Wildman–Crippen MR) is 46.8 cm³/mol. The lowest BCUT2D eigenvalue weighted by Crippen LogP contribution is -2.27. The quantitative estimate of drug-likeness (QED) is 0.674. The maximum absolute atomic E-state index is 11.6. The van der Waals surface area contributed by atoms with Crippen molar-refractivity contribution in [2.24, 2.45) is 5.92 Å². The first-order valence-corrected chi connectivity index (χ1v) is 4.89. The molecule has 13 heavy (non-hydrogen) atoms. The second-order valence-electron chi connectivity index (χ2n) is 3.47. The normalized spacial score (nSPS) is 19.6. The van der Waals surface area contributed by atoms with Crippen LogP contribution in [0.4, 0.5) is 8.78 Å². The van der Waals surface area contributed by atoms with Crippen LogP contribution in [0, 0.1) is 5.92 Å². The molecule has 0 atom stereocenters. The van der Waals surface area contributed by atoms with E-state index in [-0.39, 0.29) is 6.61 Å². The number of halogens is 2. The van der Waals surface area contributed by atoms with E-state index in [9.17, 15) is 8.78 Å². The van der Waals surface area contributed by atoms with Gasteiger partial charge >= 0.3 is 6.61 Å². The molecule has 0 radical (unpaired) electrons. The third-order valence-electron chi connectivity index (χ3n) is 2.46. The lowest BCUT2D eigenvalue weighted by Gasteiger charge is -2.22. The van der Waals surface area contributed by atoms with Crippen LogP contribution in [-0.4, -0.2) is 26.3 Å². The standard InChI is InChI=1S/C9H17F2NO/c10-9(11)13-7-1-2-8-3-5-12-6-4-8/h8-9,12H,1-7H2. The summed E-state index contributed by atoms with van der Waals surface area (Å²) >= 11 is 0. The van der Waals surface area contributed by atoms with Gasteiger partial charge in [-0.2, -0.15) is 8.78 Å². The highest BCUT2D eigenvalue weighted by atomic mass is 19.3. The third-order valence-corrected chi connectivity index (χ3v) is 2.46. The van der Waals surface area contributed by atoms with Crippen molar-refractivity contribution in [1.29, 1.82) is 0 Å². The van der Waals surface area contributed by atoms with Crippen LogP contribution in [-0.2, 0) is 4.74 Å². The first-order valence-electron chi connectivity index (χ1n) is 4.89. The molecule has 1 aliphatic heterocycles. The fraction of sp³-hybridized carbons (Fsp3) is 1.00. The Morgan fingerprint density at radius 2 is 2.00 bits per heavy atom. The van der Waals surface area contributed by atoms with Crippen molar-refractivity contribution in [2.75, 3.05) is 19.7 Å². The number of alkyl halides is 2. The number of hydrogen-bond donors (Lipinski definition) is 1. The average molecular weight is 193 g/mol. The van der Waals surface area contributed by atoms with E-state index in [1.54, 1.807) is 0 Å². The minimum atomic E-state index is -2.60. The van der Waals surface area contributed by atoms with Gasteiger partial charge in [0.2, 0.25) is 0 Å². The van der Waals surface area contributed by atoms with Crippen LogP contribution in [0.15, 0.2) is 0 Å². The molecule has 1 rings (SSSR count). The van der Waals surface area contributed by atoms with Crippen LogP contribution in [0.2, 0.25) is 0 Å².